The second-order valence-electron chi connectivity index (χ2n) is 4.79. The van der Waals surface area contributed by atoms with E-state index in [9.17, 15) is 4.79 Å². The van der Waals surface area contributed by atoms with Gasteiger partial charge in [0.1, 0.15) is 5.75 Å². The largest absolute Gasteiger partial charge is 0.289 e. The van der Waals surface area contributed by atoms with Crippen LogP contribution in [0, 0.1) is 0 Å². The molecular weight excluding hydrogens is 264 g/mol. The van der Waals surface area contributed by atoms with Crippen molar-refractivity contribution in [2.75, 3.05) is 11.5 Å². The van der Waals surface area contributed by atoms with Gasteiger partial charge in [0.15, 0.2) is 10.7 Å². The van der Waals surface area contributed by atoms with Crippen molar-refractivity contribution < 1.29 is 4.79 Å². The second-order valence-corrected chi connectivity index (χ2v) is 7.05. The summed E-state index contributed by atoms with van der Waals surface area (Å²) in [6, 6.07) is 20.4. The third-order valence-electron chi connectivity index (χ3n) is 3.55. The smallest absolute Gasteiger partial charge is 0.217 e. The number of carbonyl (C=O) groups is 1. The zero-order valence-electron chi connectivity index (χ0n) is 11.5. The third kappa shape index (κ3) is 2.32. The van der Waals surface area contributed by atoms with E-state index in [1.54, 1.807) is 0 Å². The van der Waals surface area contributed by atoms with E-state index in [1.165, 1.54) is 10.5 Å². The van der Waals surface area contributed by atoms with Crippen LogP contribution in [0.1, 0.15) is 18.1 Å². The maximum absolute atomic E-state index is 12.5. The third-order valence-corrected chi connectivity index (χ3v) is 5.87. The Labute approximate surface area is 122 Å². The average Bonchev–Trinajstić information content (AvgIpc) is 2.85. The predicted octanol–water partition coefficient (Wildman–Crippen LogP) is 3.78. The van der Waals surface area contributed by atoms with Gasteiger partial charge in [-0.3, -0.25) is 4.79 Å². The lowest BCUT2D eigenvalue weighted by Gasteiger charge is -2.05. The summed E-state index contributed by atoms with van der Waals surface area (Å²) in [7, 11) is 0.0464. The Morgan fingerprint density at radius 1 is 0.900 bits per heavy atom. The van der Waals surface area contributed by atoms with Crippen LogP contribution in [0.15, 0.2) is 60.7 Å². The monoisotopic (exact) mass is 281 g/mol. The molecule has 0 amide bonds. The molecular formula is C18H17OS+. The van der Waals surface area contributed by atoms with Crippen LogP contribution < -0.4 is 0 Å². The van der Waals surface area contributed by atoms with Crippen molar-refractivity contribution in [2.45, 2.75) is 6.92 Å². The lowest BCUT2D eigenvalue weighted by Crippen LogP contribution is -2.10. The fourth-order valence-corrected chi connectivity index (χ4v) is 4.71. The molecule has 2 aromatic rings. The van der Waals surface area contributed by atoms with Crippen molar-refractivity contribution in [1.82, 2.24) is 0 Å². The number of hydrogen-bond acceptors (Lipinski definition) is 1. The van der Waals surface area contributed by atoms with Crippen molar-refractivity contribution in [2.24, 2.45) is 0 Å². The van der Waals surface area contributed by atoms with Crippen LogP contribution in [0.2, 0.25) is 0 Å². The SMILES string of the molecule is CC[S+]1CC(=O)C(c2ccccc2)=C1c1ccccc1. The molecule has 3 rings (SSSR count). The van der Waals surface area contributed by atoms with Crippen LogP contribution in [0.4, 0.5) is 0 Å². The normalized spacial score (nSPS) is 18.6. The summed E-state index contributed by atoms with van der Waals surface area (Å²) in [6.45, 7) is 2.17. The molecule has 20 heavy (non-hydrogen) atoms. The Morgan fingerprint density at radius 3 is 2.00 bits per heavy atom. The molecule has 1 unspecified atom stereocenters. The lowest BCUT2D eigenvalue weighted by molar-refractivity contribution is -0.111. The van der Waals surface area contributed by atoms with E-state index in [1.807, 2.05) is 48.5 Å². The highest BCUT2D eigenvalue weighted by Gasteiger charge is 2.41. The van der Waals surface area contributed by atoms with Crippen LogP contribution >= 0.6 is 0 Å². The maximum Gasteiger partial charge on any atom is 0.217 e. The van der Waals surface area contributed by atoms with E-state index in [-0.39, 0.29) is 10.9 Å². The van der Waals surface area contributed by atoms with Crippen LogP contribution in [-0.2, 0) is 15.7 Å². The Bertz CT molecular complexity index is 644. The molecule has 1 aliphatic rings. The summed E-state index contributed by atoms with van der Waals surface area (Å²) in [6.07, 6.45) is 0. The van der Waals surface area contributed by atoms with Gasteiger partial charge in [0, 0.05) is 16.5 Å². The topological polar surface area (TPSA) is 17.1 Å². The summed E-state index contributed by atoms with van der Waals surface area (Å²) in [4.78, 5) is 13.7. The average molecular weight is 281 g/mol. The number of hydrogen-bond donors (Lipinski definition) is 0. The van der Waals surface area contributed by atoms with Crippen LogP contribution in [0.25, 0.3) is 10.5 Å². The minimum Gasteiger partial charge on any atom is -0.289 e. The van der Waals surface area contributed by atoms with Gasteiger partial charge in [0.2, 0.25) is 5.78 Å². The molecule has 0 spiro atoms. The van der Waals surface area contributed by atoms with Gasteiger partial charge in [-0.05, 0) is 24.6 Å². The Kier molecular flexibility index (Phi) is 3.75. The summed E-state index contributed by atoms with van der Waals surface area (Å²) >= 11 is 0. The van der Waals surface area contributed by atoms with E-state index in [4.69, 9.17) is 0 Å². The molecule has 1 heterocycles. The molecule has 2 aromatic carbocycles. The first-order valence-corrected chi connectivity index (χ1v) is 8.43. The van der Waals surface area contributed by atoms with Gasteiger partial charge in [-0.15, -0.1) is 0 Å². The van der Waals surface area contributed by atoms with Crippen LogP contribution in [-0.4, -0.2) is 17.3 Å². The van der Waals surface area contributed by atoms with E-state index >= 15 is 0 Å². The van der Waals surface area contributed by atoms with Crippen molar-refractivity contribution in [3.8, 4) is 0 Å². The first kappa shape index (κ1) is 13.2. The van der Waals surface area contributed by atoms with Gasteiger partial charge >= 0.3 is 0 Å². The summed E-state index contributed by atoms with van der Waals surface area (Å²) in [5, 5.41) is 0. The fraction of sp³-hybridized carbons (Fsp3) is 0.167. The van der Waals surface area contributed by atoms with E-state index in [2.05, 4.69) is 19.1 Å². The van der Waals surface area contributed by atoms with Crippen molar-refractivity contribution in [1.29, 1.82) is 0 Å². The van der Waals surface area contributed by atoms with Crippen molar-refractivity contribution in [3.63, 3.8) is 0 Å². The highest BCUT2D eigenvalue weighted by atomic mass is 32.2. The Balaban J connectivity index is 2.20. The summed E-state index contributed by atoms with van der Waals surface area (Å²) in [5.41, 5.74) is 3.18. The molecule has 0 radical (unpaired) electrons. The molecule has 0 saturated heterocycles. The van der Waals surface area contributed by atoms with Gasteiger partial charge < -0.3 is 0 Å². The lowest BCUT2D eigenvalue weighted by atomic mass is 10.00. The Hall–Kier alpha value is -1.80. The van der Waals surface area contributed by atoms with Gasteiger partial charge in [0.05, 0.1) is 5.57 Å². The molecule has 1 nitrogen and oxygen atoms in total. The van der Waals surface area contributed by atoms with E-state index in [0.29, 0.717) is 11.5 Å². The van der Waals surface area contributed by atoms with E-state index < -0.39 is 0 Å². The van der Waals surface area contributed by atoms with Gasteiger partial charge in [-0.2, -0.15) is 0 Å². The molecule has 2 heteroatoms. The molecule has 0 N–H and O–H groups in total. The zero-order chi connectivity index (χ0) is 13.9. The molecule has 0 aliphatic carbocycles. The second kappa shape index (κ2) is 5.68. The first-order valence-electron chi connectivity index (χ1n) is 6.87. The summed E-state index contributed by atoms with van der Waals surface area (Å²) in [5.74, 6) is 2.00. The molecule has 0 saturated carbocycles. The van der Waals surface area contributed by atoms with E-state index in [0.717, 1.165) is 16.9 Å². The molecule has 0 bridgehead atoms. The first-order chi connectivity index (χ1) is 9.81. The minimum atomic E-state index is 0.0464. The van der Waals surface area contributed by atoms with Crippen LogP contribution in [0.5, 0.6) is 0 Å². The highest BCUT2D eigenvalue weighted by Crippen LogP contribution is 2.38. The van der Waals surface area contributed by atoms with Gasteiger partial charge in [-0.1, -0.05) is 48.5 Å². The van der Waals surface area contributed by atoms with Gasteiger partial charge in [0.25, 0.3) is 0 Å². The Morgan fingerprint density at radius 2 is 1.45 bits per heavy atom. The fourth-order valence-electron chi connectivity index (χ4n) is 2.62. The zero-order valence-corrected chi connectivity index (χ0v) is 12.3. The number of Topliss-reactive ketones (excluding diaryl/α,β-unsaturated/α-hetero) is 1. The quantitative estimate of drug-likeness (QED) is 0.783. The molecule has 0 aromatic heterocycles. The summed E-state index contributed by atoms with van der Waals surface area (Å²) < 4.78 is 0. The van der Waals surface area contributed by atoms with Crippen molar-refractivity contribution in [3.05, 3.63) is 71.8 Å². The van der Waals surface area contributed by atoms with Gasteiger partial charge in [-0.25, -0.2) is 0 Å². The van der Waals surface area contributed by atoms with Crippen molar-refractivity contribution >= 4 is 27.2 Å². The molecule has 1 atom stereocenters. The molecule has 100 valence electrons. The number of carbonyl (C=O) groups excluding carboxylic acids is 1. The minimum absolute atomic E-state index is 0.0464. The highest BCUT2D eigenvalue weighted by molar-refractivity contribution is 8.07. The maximum atomic E-state index is 12.5. The standard InChI is InChI=1S/C18H17OS/c1-2-20-13-16(19)17(14-9-5-3-6-10-14)18(20)15-11-7-4-8-12-15/h3-12H,2,13H2,1H3/q+1. The number of rotatable bonds is 3. The number of benzene rings is 2. The number of allylic oxidation sites excluding steroid dienone is 1. The predicted molar refractivity (Wildman–Crippen MR) is 87.5 cm³/mol. The van der Waals surface area contributed by atoms with Crippen LogP contribution in [0.3, 0.4) is 0 Å². The molecule has 1 aliphatic heterocycles. The molecule has 0 fully saturated rings. The number of ketones is 1.